The van der Waals surface area contributed by atoms with E-state index in [9.17, 15) is 9.59 Å². The van der Waals surface area contributed by atoms with Gasteiger partial charge >= 0.3 is 5.97 Å². The molecule has 1 aromatic carbocycles. The maximum Gasteiger partial charge on any atom is 0.357 e. The zero-order chi connectivity index (χ0) is 14.5. The first-order valence-corrected chi connectivity index (χ1v) is 6.27. The van der Waals surface area contributed by atoms with Crippen molar-refractivity contribution in [3.8, 4) is 0 Å². The summed E-state index contributed by atoms with van der Waals surface area (Å²) in [7, 11) is 0. The fourth-order valence-corrected chi connectivity index (χ4v) is 1.75. The van der Waals surface area contributed by atoms with Crippen molar-refractivity contribution in [2.75, 3.05) is 11.9 Å². The molecule has 0 aliphatic heterocycles. The van der Waals surface area contributed by atoms with Gasteiger partial charge in [-0.2, -0.15) is 0 Å². The minimum absolute atomic E-state index is 0.0106. The third-order valence-corrected chi connectivity index (χ3v) is 2.79. The summed E-state index contributed by atoms with van der Waals surface area (Å²) in [6.45, 7) is 1.89. The maximum atomic E-state index is 12.1. The Balaban J connectivity index is 2.20. The van der Waals surface area contributed by atoms with Crippen molar-refractivity contribution < 1.29 is 14.3 Å². The second kappa shape index (κ2) is 6.21. The number of rotatable bonds is 4. The fourth-order valence-electron chi connectivity index (χ4n) is 1.57. The highest BCUT2D eigenvalue weighted by molar-refractivity contribution is 6.33. The topological polar surface area (TPSA) is 84.1 Å². The SMILES string of the molecule is CCOC(=O)c1[nH]cnc1C(=O)Nc1ccccc1Cl. The van der Waals surface area contributed by atoms with E-state index in [0.29, 0.717) is 10.7 Å². The van der Waals surface area contributed by atoms with Gasteiger partial charge in [-0.05, 0) is 19.1 Å². The third-order valence-electron chi connectivity index (χ3n) is 2.46. The van der Waals surface area contributed by atoms with Gasteiger partial charge in [-0.1, -0.05) is 23.7 Å². The predicted octanol–water partition coefficient (Wildman–Crippen LogP) is 2.49. The standard InChI is InChI=1S/C13H12ClN3O3/c1-2-20-13(19)11-10(15-7-16-11)12(18)17-9-6-4-3-5-8(9)14/h3-7H,2H2,1H3,(H,15,16)(H,17,18). The second-order valence-corrected chi connectivity index (χ2v) is 4.19. The molecule has 1 heterocycles. The normalized spacial score (nSPS) is 10.1. The average molecular weight is 294 g/mol. The molecule has 2 rings (SSSR count). The summed E-state index contributed by atoms with van der Waals surface area (Å²) >= 11 is 5.95. The summed E-state index contributed by atoms with van der Waals surface area (Å²) in [5.41, 5.74) is 0.414. The summed E-state index contributed by atoms with van der Waals surface area (Å²) in [4.78, 5) is 30.2. The zero-order valence-corrected chi connectivity index (χ0v) is 11.4. The van der Waals surface area contributed by atoms with E-state index >= 15 is 0 Å². The number of aromatic amines is 1. The molecule has 1 aromatic heterocycles. The zero-order valence-electron chi connectivity index (χ0n) is 10.6. The van der Waals surface area contributed by atoms with Crippen molar-refractivity contribution in [2.24, 2.45) is 0 Å². The van der Waals surface area contributed by atoms with Gasteiger partial charge in [-0.25, -0.2) is 9.78 Å². The molecular formula is C13H12ClN3O3. The number of para-hydroxylation sites is 1. The van der Waals surface area contributed by atoms with Crippen LogP contribution >= 0.6 is 11.6 Å². The molecule has 7 heteroatoms. The number of hydrogen-bond acceptors (Lipinski definition) is 4. The molecule has 0 spiro atoms. The number of imidazole rings is 1. The maximum absolute atomic E-state index is 12.1. The Hall–Kier alpha value is -2.34. The molecule has 0 atom stereocenters. The Morgan fingerprint density at radius 1 is 1.40 bits per heavy atom. The van der Waals surface area contributed by atoms with Gasteiger partial charge in [-0.3, -0.25) is 4.79 Å². The molecule has 2 aromatic rings. The molecule has 0 aliphatic rings. The van der Waals surface area contributed by atoms with E-state index in [0.717, 1.165) is 0 Å². The number of hydrogen-bond donors (Lipinski definition) is 2. The van der Waals surface area contributed by atoms with Crippen molar-refractivity contribution in [1.82, 2.24) is 9.97 Å². The van der Waals surface area contributed by atoms with E-state index in [4.69, 9.17) is 16.3 Å². The van der Waals surface area contributed by atoms with Crippen LogP contribution in [0.4, 0.5) is 5.69 Å². The lowest BCUT2D eigenvalue weighted by molar-refractivity contribution is 0.0517. The summed E-state index contributed by atoms with van der Waals surface area (Å²) in [5, 5.41) is 2.99. The molecule has 0 fully saturated rings. The average Bonchev–Trinajstić information content (AvgIpc) is 2.91. The van der Waals surface area contributed by atoms with Gasteiger partial charge < -0.3 is 15.0 Å². The number of aromatic nitrogens is 2. The van der Waals surface area contributed by atoms with Crippen LogP contribution in [0.3, 0.4) is 0 Å². The predicted molar refractivity (Wildman–Crippen MR) is 73.9 cm³/mol. The van der Waals surface area contributed by atoms with E-state index in [1.165, 1.54) is 6.33 Å². The van der Waals surface area contributed by atoms with Crippen LogP contribution in [0, 0.1) is 0 Å². The van der Waals surface area contributed by atoms with E-state index in [2.05, 4.69) is 15.3 Å². The van der Waals surface area contributed by atoms with Crippen LogP contribution in [0.25, 0.3) is 0 Å². The van der Waals surface area contributed by atoms with Crippen LogP contribution in [-0.2, 0) is 4.74 Å². The molecule has 104 valence electrons. The molecule has 6 nitrogen and oxygen atoms in total. The first kappa shape index (κ1) is 14.1. The number of esters is 1. The number of halogens is 1. The Kier molecular flexibility index (Phi) is 4.37. The van der Waals surface area contributed by atoms with Gasteiger partial charge in [0.25, 0.3) is 5.91 Å². The second-order valence-electron chi connectivity index (χ2n) is 3.78. The van der Waals surface area contributed by atoms with Crippen LogP contribution < -0.4 is 5.32 Å². The number of nitrogens with zero attached hydrogens (tertiary/aromatic N) is 1. The highest BCUT2D eigenvalue weighted by Gasteiger charge is 2.21. The highest BCUT2D eigenvalue weighted by atomic mass is 35.5. The van der Waals surface area contributed by atoms with Crippen LogP contribution in [0.15, 0.2) is 30.6 Å². The van der Waals surface area contributed by atoms with Gasteiger partial charge in [-0.15, -0.1) is 0 Å². The smallest absolute Gasteiger partial charge is 0.357 e. The number of carbonyl (C=O) groups is 2. The first-order valence-electron chi connectivity index (χ1n) is 5.89. The molecule has 20 heavy (non-hydrogen) atoms. The third kappa shape index (κ3) is 2.97. The molecule has 0 saturated heterocycles. The lowest BCUT2D eigenvalue weighted by atomic mass is 10.2. The van der Waals surface area contributed by atoms with E-state index in [1.54, 1.807) is 31.2 Å². The van der Waals surface area contributed by atoms with E-state index in [-0.39, 0.29) is 18.0 Å². The lowest BCUT2D eigenvalue weighted by Gasteiger charge is -2.06. The molecular weight excluding hydrogens is 282 g/mol. The Labute approximate surface area is 120 Å². The van der Waals surface area contributed by atoms with Crippen molar-refractivity contribution in [3.05, 3.63) is 47.0 Å². The number of nitrogens with one attached hydrogen (secondary N) is 2. The van der Waals surface area contributed by atoms with Crippen LogP contribution in [0.1, 0.15) is 27.9 Å². The van der Waals surface area contributed by atoms with Gasteiger partial charge in [0.15, 0.2) is 11.4 Å². The van der Waals surface area contributed by atoms with Crippen molar-refractivity contribution >= 4 is 29.2 Å². The fraction of sp³-hybridized carbons (Fsp3) is 0.154. The van der Waals surface area contributed by atoms with Crippen molar-refractivity contribution in [1.29, 1.82) is 0 Å². The minimum atomic E-state index is -0.630. The van der Waals surface area contributed by atoms with Crippen molar-refractivity contribution in [3.63, 3.8) is 0 Å². The molecule has 0 bridgehead atoms. The van der Waals surface area contributed by atoms with Gasteiger partial charge in [0.2, 0.25) is 0 Å². The van der Waals surface area contributed by atoms with Crippen LogP contribution in [0.5, 0.6) is 0 Å². The number of H-pyrrole nitrogens is 1. The van der Waals surface area contributed by atoms with Crippen molar-refractivity contribution in [2.45, 2.75) is 6.92 Å². The first-order chi connectivity index (χ1) is 9.63. The van der Waals surface area contributed by atoms with E-state index in [1.807, 2.05) is 0 Å². The quantitative estimate of drug-likeness (QED) is 0.848. The number of anilines is 1. The molecule has 2 N–H and O–H groups in total. The van der Waals surface area contributed by atoms with E-state index < -0.39 is 11.9 Å². The van der Waals surface area contributed by atoms with Gasteiger partial charge in [0.1, 0.15) is 0 Å². The highest BCUT2D eigenvalue weighted by Crippen LogP contribution is 2.21. The lowest BCUT2D eigenvalue weighted by Crippen LogP contribution is -2.18. The summed E-state index contributed by atoms with van der Waals surface area (Å²) in [6, 6.07) is 6.78. The number of ether oxygens (including phenoxy) is 1. The number of benzene rings is 1. The molecule has 0 saturated carbocycles. The van der Waals surface area contributed by atoms with Gasteiger partial charge in [0, 0.05) is 0 Å². The number of amides is 1. The Morgan fingerprint density at radius 3 is 2.85 bits per heavy atom. The Bertz CT molecular complexity index is 639. The molecule has 0 radical (unpaired) electrons. The number of carbonyl (C=O) groups excluding carboxylic acids is 2. The molecule has 0 aliphatic carbocycles. The largest absolute Gasteiger partial charge is 0.461 e. The van der Waals surface area contributed by atoms with Gasteiger partial charge in [0.05, 0.1) is 23.6 Å². The molecule has 1 amide bonds. The molecule has 0 unspecified atom stereocenters. The minimum Gasteiger partial charge on any atom is -0.461 e. The summed E-state index contributed by atoms with van der Waals surface area (Å²) in [5.74, 6) is -1.17. The van der Waals surface area contributed by atoms with Crippen LogP contribution in [0.2, 0.25) is 5.02 Å². The summed E-state index contributed by atoms with van der Waals surface area (Å²) < 4.78 is 4.83. The Morgan fingerprint density at radius 2 is 2.15 bits per heavy atom. The summed E-state index contributed by atoms with van der Waals surface area (Å²) in [6.07, 6.45) is 1.26. The van der Waals surface area contributed by atoms with Crippen LogP contribution in [-0.4, -0.2) is 28.5 Å². The monoisotopic (exact) mass is 293 g/mol.